The molecule has 0 atom stereocenters. The number of benzene rings is 1. The number of nitrogens with one attached hydrogen (secondary N) is 2. The summed E-state index contributed by atoms with van der Waals surface area (Å²) in [6.45, 7) is -0.361. The third-order valence-electron chi connectivity index (χ3n) is 2.50. The van der Waals surface area contributed by atoms with Gasteiger partial charge in [-0.05, 0) is 0 Å². The fraction of sp³-hybridized carbons (Fsp3) is 0.167. The molecule has 0 fully saturated rings. The molecular formula is C12H12N4O4. The number of rotatable bonds is 3. The minimum Gasteiger partial charge on any atom is -0.341 e. The molecule has 0 radical (unpaired) electrons. The Morgan fingerprint density at radius 3 is 2.65 bits per heavy atom. The van der Waals surface area contributed by atoms with E-state index in [2.05, 4.69) is 20.3 Å². The third-order valence-corrected chi connectivity index (χ3v) is 2.50. The van der Waals surface area contributed by atoms with Crippen molar-refractivity contribution in [1.82, 2.24) is 20.4 Å². The molecule has 2 aromatic rings. The Labute approximate surface area is 113 Å². The number of hydrogen-bond acceptors (Lipinski definition) is 5. The van der Waals surface area contributed by atoms with Gasteiger partial charge >= 0.3 is 11.8 Å². The lowest BCUT2D eigenvalue weighted by molar-refractivity contribution is -0.120. The molecule has 2 rings (SSSR count). The number of carbonyl (C=O) groups excluding carboxylic acids is 2. The van der Waals surface area contributed by atoms with Crippen LogP contribution in [0.15, 0.2) is 39.6 Å². The van der Waals surface area contributed by atoms with E-state index in [-0.39, 0.29) is 12.4 Å². The van der Waals surface area contributed by atoms with Crippen molar-refractivity contribution in [2.45, 2.75) is 6.54 Å². The number of imide groups is 1. The maximum Gasteiger partial charge on any atom is 0.442 e. The summed E-state index contributed by atoms with van der Waals surface area (Å²) in [5.41, 5.74) is 0.631. The molecule has 3 amide bonds. The molecule has 0 saturated heterocycles. The first-order valence-corrected chi connectivity index (χ1v) is 5.75. The standard InChI is InChI=1S/C12H12N4O4/c1-13-11(18)14-9(17)7-16-10(15-20-12(16)19)8-5-3-2-4-6-8/h2-6H,7H2,1H3,(H2,13,14,17,18). The Morgan fingerprint density at radius 2 is 2.00 bits per heavy atom. The zero-order valence-electron chi connectivity index (χ0n) is 10.6. The molecule has 0 spiro atoms. The Hall–Kier alpha value is -2.90. The van der Waals surface area contributed by atoms with Gasteiger partial charge in [0.1, 0.15) is 6.54 Å². The Balaban J connectivity index is 2.25. The molecule has 20 heavy (non-hydrogen) atoms. The van der Waals surface area contributed by atoms with E-state index in [0.29, 0.717) is 5.56 Å². The number of amides is 3. The molecule has 0 aliphatic heterocycles. The third kappa shape index (κ3) is 2.91. The molecule has 2 N–H and O–H groups in total. The van der Waals surface area contributed by atoms with E-state index in [9.17, 15) is 14.4 Å². The summed E-state index contributed by atoms with van der Waals surface area (Å²) in [5, 5.41) is 7.93. The van der Waals surface area contributed by atoms with E-state index in [1.54, 1.807) is 24.3 Å². The van der Waals surface area contributed by atoms with Crippen LogP contribution in [-0.4, -0.2) is 28.7 Å². The molecule has 0 aliphatic carbocycles. The minimum absolute atomic E-state index is 0.225. The predicted octanol–water partition coefficient (Wildman–Crippen LogP) is -0.0411. The van der Waals surface area contributed by atoms with Gasteiger partial charge in [0.05, 0.1) is 0 Å². The number of nitrogens with zero attached hydrogens (tertiary/aromatic N) is 2. The largest absolute Gasteiger partial charge is 0.442 e. The van der Waals surface area contributed by atoms with Crippen LogP contribution in [0.3, 0.4) is 0 Å². The second-order valence-corrected chi connectivity index (χ2v) is 3.85. The van der Waals surface area contributed by atoms with Crippen molar-refractivity contribution in [1.29, 1.82) is 0 Å². The summed E-state index contributed by atoms with van der Waals surface area (Å²) in [6, 6.07) is 8.15. The molecule has 0 saturated carbocycles. The lowest BCUT2D eigenvalue weighted by Gasteiger charge is -2.05. The molecule has 0 bridgehead atoms. The highest BCUT2D eigenvalue weighted by Crippen LogP contribution is 2.14. The molecule has 0 aliphatic rings. The normalized spacial score (nSPS) is 10.1. The summed E-state index contributed by atoms with van der Waals surface area (Å²) < 4.78 is 5.61. The average Bonchev–Trinajstić information content (AvgIpc) is 2.81. The zero-order chi connectivity index (χ0) is 14.5. The van der Waals surface area contributed by atoms with Crippen molar-refractivity contribution in [3.63, 3.8) is 0 Å². The topological polar surface area (TPSA) is 106 Å². The van der Waals surface area contributed by atoms with Gasteiger partial charge in [-0.15, -0.1) is 0 Å². The lowest BCUT2D eigenvalue weighted by atomic mass is 10.2. The monoisotopic (exact) mass is 276 g/mol. The van der Waals surface area contributed by atoms with Gasteiger partial charge in [-0.3, -0.25) is 14.6 Å². The van der Waals surface area contributed by atoms with Crippen LogP contribution in [0.25, 0.3) is 11.4 Å². The van der Waals surface area contributed by atoms with Crippen molar-refractivity contribution in [3.05, 3.63) is 40.9 Å². The Bertz CT molecular complexity index is 674. The molecule has 104 valence electrons. The minimum atomic E-state index is -0.768. The average molecular weight is 276 g/mol. The van der Waals surface area contributed by atoms with E-state index in [1.807, 2.05) is 6.07 Å². The highest BCUT2D eigenvalue weighted by Gasteiger charge is 2.16. The van der Waals surface area contributed by atoms with Crippen molar-refractivity contribution in [2.24, 2.45) is 0 Å². The number of hydrogen-bond donors (Lipinski definition) is 2. The van der Waals surface area contributed by atoms with Crippen LogP contribution in [0, 0.1) is 0 Å². The van der Waals surface area contributed by atoms with Crippen molar-refractivity contribution >= 4 is 11.9 Å². The van der Waals surface area contributed by atoms with Crippen LogP contribution < -0.4 is 16.4 Å². The van der Waals surface area contributed by atoms with Crippen LogP contribution in [0.5, 0.6) is 0 Å². The summed E-state index contributed by atoms with van der Waals surface area (Å²) in [7, 11) is 1.38. The quantitative estimate of drug-likeness (QED) is 0.818. The maximum absolute atomic E-state index is 11.6. The molecule has 0 unspecified atom stereocenters. The summed E-state index contributed by atoms with van der Waals surface area (Å²) in [4.78, 5) is 34.2. The summed E-state index contributed by atoms with van der Waals surface area (Å²) in [5.74, 6) is -1.19. The SMILES string of the molecule is CNC(=O)NC(=O)Cn1c(-c2ccccc2)noc1=O. The van der Waals surface area contributed by atoms with Crippen LogP contribution >= 0.6 is 0 Å². The van der Waals surface area contributed by atoms with Gasteiger partial charge in [-0.25, -0.2) is 14.2 Å². The first-order chi connectivity index (χ1) is 9.61. The van der Waals surface area contributed by atoms with Crippen molar-refractivity contribution < 1.29 is 14.1 Å². The van der Waals surface area contributed by atoms with Crippen molar-refractivity contribution in [2.75, 3.05) is 7.05 Å². The van der Waals surface area contributed by atoms with Gasteiger partial charge in [0, 0.05) is 12.6 Å². The van der Waals surface area contributed by atoms with E-state index in [4.69, 9.17) is 0 Å². The zero-order valence-corrected chi connectivity index (χ0v) is 10.6. The van der Waals surface area contributed by atoms with Crippen LogP contribution in [0.4, 0.5) is 4.79 Å². The van der Waals surface area contributed by atoms with E-state index in [1.165, 1.54) is 7.05 Å². The summed E-state index contributed by atoms with van der Waals surface area (Å²) >= 11 is 0. The Kier molecular flexibility index (Phi) is 3.94. The van der Waals surface area contributed by atoms with Crippen LogP contribution in [-0.2, 0) is 11.3 Å². The summed E-state index contributed by atoms with van der Waals surface area (Å²) in [6.07, 6.45) is 0. The first-order valence-electron chi connectivity index (χ1n) is 5.75. The van der Waals surface area contributed by atoms with E-state index in [0.717, 1.165) is 4.57 Å². The maximum atomic E-state index is 11.6. The highest BCUT2D eigenvalue weighted by molar-refractivity contribution is 5.94. The van der Waals surface area contributed by atoms with Crippen LogP contribution in [0.2, 0.25) is 0 Å². The van der Waals surface area contributed by atoms with Crippen molar-refractivity contribution in [3.8, 4) is 11.4 Å². The number of aromatic nitrogens is 2. The molecule has 8 nitrogen and oxygen atoms in total. The first kappa shape index (κ1) is 13.5. The second-order valence-electron chi connectivity index (χ2n) is 3.85. The molecular weight excluding hydrogens is 264 g/mol. The van der Waals surface area contributed by atoms with E-state index < -0.39 is 17.7 Å². The molecule has 1 aromatic carbocycles. The Morgan fingerprint density at radius 1 is 1.30 bits per heavy atom. The van der Waals surface area contributed by atoms with Gasteiger partial charge in [-0.1, -0.05) is 35.5 Å². The lowest BCUT2D eigenvalue weighted by Crippen LogP contribution is -2.40. The van der Waals surface area contributed by atoms with Gasteiger partial charge < -0.3 is 5.32 Å². The van der Waals surface area contributed by atoms with Gasteiger partial charge in [0.2, 0.25) is 5.91 Å². The van der Waals surface area contributed by atoms with Gasteiger partial charge in [0.25, 0.3) is 0 Å². The molecule has 1 aromatic heterocycles. The smallest absolute Gasteiger partial charge is 0.341 e. The van der Waals surface area contributed by atoms with E-state index >= 15 is 0 Å². The molecule has 8 heteroatoms. The fourth-order valence-electron chi connectivity index (χ4n) is 1.57. The molecule has 1 heterocycles. The number of urea groups is 1. The highest BCUT2D eigenvalue weighted by atomic mass is 16.5. The second kappa shape index (κ2) is 5.83. The fourth-order valence-corrected chi connectivity index (χ4v) is 1.57. The predicted molar refractivity (Wildman–Crippen MR) is 68.8 cm³/mol. The van der Waals surface area contributed by atoms with Crippen LogP contribution in [0.1, 0.15) is 0 Å². The van der Waals surface area contributed by atoms with Gasteiger partial charge in [0.15, 0.2) is 5.82 Å². The van der Waals surface area contributed by atoms with Gasteiger partial charge in [-0.2, -0.15) is 0 Å². The number of carbonyl (C=O) groups is 2.